The molecule has 1 aliphatic heterocycles. The molecule has 5 rings (SSSR count). The number of ether oxygens (including phenoxy) is 5. The van der Waals surface area contributed by atoms with Crippen LogP contribution in [-0.4, -0.2) is 146 Å². The second-order valence-corrected chi connectivity index (χ2v) is 13.1. The molecule has 4 aromatic rings. The minimum Gasteiger partial charge on any atom is -0.494 e. The normalized spacial score (nSPS) is 12.8. The third kappa shape index (κ3) is 12.4. The predicted octanol–water partition coefficient (Wildman–Crippen LogP) is 1.66. The van der Waals surface area contributed by atoms with E-state index in [1.54, 1.807) is 0 Å². The average molecular weight is 824 g/mol. The second kappa shape index (κ2) is 23.7. The smallest absolute Gasteiger partial charge is 0.295 e. The van der Waals surface area contributed by atoms with Gasteiger partial charge in [0.2, 0.25) is 5.82 Å². The van der Waals surface area contributed by atoms with Crippen molar-refractivity contribution in [1.82, 2.24) is 40.3 Å². The molecule has 3 aromatic heterocycles. The van der Waals surface area contributed by atoms with Gasteiger partial charge in [-0.05, 0) is 30.4 Å². The van der Waals surface area contributed by atoms with Gasteiger partial charge >= 0.3 is 0 Å². The number of ketones is 1. The standard InChI is InChI=1S/C41H49N11O8/c1-3-17-57-19-21-59-23-24-60-22-20-58-18-14-46-41(43)45-13-7-12-44-39(54)37-49-28-52(50-37)38-35-34(33(56-2)27-48-38)32(26-47-35)36(53)40(55)51-15-10-30(11-16-51)31(25-42)29-8-5-4-6-9-29/h1,4-6,8-9,26-28,47H,7,10-24H2,2H3,(H,44,54)(H3,43,45,46). The number of methoxy groups -OCH3 is 1. The summed E-state index contributed by atoms with van der Waals surface area (Å²) in [5, 5.41) is 20.2. The Hall–Kier alpha value is -6.64. The number of pyridine rings is 1. The molecule has 5 N–H and O–H groups in total. The zero-order valence-corrected chi connectivity index (χ0v) is 33.5. The van der Waals surface area contributed by atoms with Gasteiger partial charge in [-0.2, -0.15) is 9.94 Å². The fourth-order valence-corrected chi connectivity index (χ4v) is 6.18. The number of hydrogen-bond acceptors (Lipinski definition) is 13. The lowest BCUT2D eigenvalue weighted by Crippen LogP contribution is -2.40. The van der Waals surface area contributed by atoms with E-state index in [2.05, 4.69) is 47.7 Å². The lowest BCUT2D eigenvalue weighted by atomic mass is 9.93. The number of H-pyrrole nitrogens is 1. The van der Waals surface area contributed by atoms with Gasteiger partial charge in [-0.1, -0.05) is 36.3 Å². The summed E-state index contributed by atoms with van der Waals surface area (Å²) in [6.45, 7) is 5.09. The van der Waals surface area contributed by atoms with Crippen molar-refractivity contribution in [2.45, 2.75) is 19.3 Å². The van der Waals surface area contributed by atoms with Gasteiger partial charge in [-0.15, -0.1) is 11.5 Å². The van der Waals surface area contributed by atoms with Crippen LogP contribution in [0.15, 0.2) is 59.6 Å². The number of rotatable bonds is 23. The van der Waals surface area contributed by atoms with E-state index in [0.29, 0.717) is 115 Å². The molecule has 2 amide bonds. The highest BCUT2D eigenvalue weighted by Gasteiger charge is 2.30. The van der Waals surface area contributed by atoms with Gasteiger partial charge in [-0.25, -0.2) is 9.97 Å². The van der Waals surface area contributed by atoms with Gasteiger partial charge in [0, 0.05) is 38.9 Å². The molecular formula is C41H49N11O8. The molecule has 0 aliphatic carbocycles. The van der Waals surface area contributed by atoms with Crippen LogP contribution >= 0.6 is 0 Å². The fraction of sp³-hybridized carbons (Fsp3) is 0.415. The third-order valence-corrected chi connectivity index (χ3v) is 9.16. The van der Waals surface area contributed by atoms with E-state index >= 15 is 0 Å². The zero-order chi connectivity index (χ0) is 42.5. The van der Waals surface area contributed by atoms with Crippen molar-refractivity contribution >= 4 is 40.0 Å². The summed E-state index contributed by atoms with van der Waals surface area (Å²) in [4.78, 5) is 57.4. The molecule has 60 heavy (non-hydrogen) atoms. The summed E-state index contributed by atoms with van der Waals surface area (Å²) in [6.07, 6.45) is 10.7. The molecule has 0 bridgehead atoms. The second-order valence-electron chi connectivity index (χ2n) is 13.1. The fourth-order valence-electron chi connectivity index (χ4n) is 6.18. The number of likely N-dealkylation sites (tertiary alicyclic amines) is 1. The quantitative estimate of drug-likeness (QED) is 0.0158. The summed E-state index contributed by atoms with van der Waals surface area (Å²) in [6, 6.07) is 11.7. The summed E-state index contributed by atoms with van der Waals surface area (Å²) in [5.41, 5.74) is 8.75. The first-order valence-electron chi connectivity index (χ1n) is 19.4. The molecule has 0 spiro atoms. The van der Waals surface area contributed by atoms with E-state index in [1.165, 1.54) is 35.4 Å². The summed E-state index contributed by atoms with van der Waals surface area (Å²) >= 11 is 0. The number of guanidine groups is 1. The van der Waals surface area contributed by atoms with E-state index in [4.69, 9.17) is 35.8 Å². The molecule has 1 aliphatic rings. The van der Waals surface area contributed by atoms with Crippen LogP contribution in [0.2, 0.25) is 0 Å². The number of benzene rings is 1. The Morgan fingerprint density at radius 3 is 2.35 bits per heavy atom. The Morgan fingerprint density at radius 2 is 1.67 bits per heavy atom. The Labute approximate surface area is 347 Å². The number of hydrogen-bond donors (Lipinski definition) is 4. The largest absolute Gasteiger partial charge is 0.494 e. The number of nitrogens with zero attached hydrogens (tertiary/aromatic N) is 7. The Bertz CT molecular complexity index is 2190. The van der Waals surface area contributed by atoms with Gasteiger partial charge in [0.25, 0.3) is 17.6 Å². The average Bonchev–Trinajstić information content (AvgIpc) is 3.96. The first kappa shape index (κ1) is 44.5. The van der Waals surface area contributed by atoms with Crippen LogP contribution in [0, 0.1) is 23.7 Å². The summed E-state index contributed by atoms with van der Waals surface area (Å²) in [5.74, 6) is 1.14. The van der Waals surface area contributed by atoms with Gasteiger partial charge in [0.15, 0.2) is 11.8 Å². The highest BCUT2D eigenvalue weighted by molar-refractivity contribution is 6.45. The molecule has 0 atom stereocenters. The SMILES string of the molecule is C#CCOCCOCCOCCOCCNC(N)=NCCCNC(=O)c1ncn(-c2ncc(OC)c3c(C(=O)C(=O)N4CCC(=C(C#N)c5ccccc5)CC4)c[nH]c23)n1. The van der Waals surface area contributed by atoms with Crippen LogP contribution in [-0.2, 0) is 23.7 Å². The number of aromatic nitrogens is 5. The summed E-state index contributed by atoms with van der Waals surface area (Å²) in [7, 11) is 1.43. The molecule has 1 fully saturated rings. The van der Waals surface area contributed by atoms with Crippen LogP contribution < -0.4 is 21.1 Å². The Kier molecular flexibility index (Phi) is 17.6. The highest BCUT2D eigenvalue weighted by atomic mass is 16.6. The predicted molar refractivity (Wildman–Crippen MR) is 220 cm³/mol. The topological polar surface area (TPSA) is 246 Å². The maximum Gasteiger partial charge on any atom is 0.295 e. The number of aliphatic imine (C=N–C) groups is 1. The monoisotopic (exact) mass is 823 g/mol. The van der Waals surface area contributed by atoms with Crippen LogP contribution in [0.1, 0.15) is 45.8 Å². The first-order valence-corrected chi connectivity index (χ1v) is 19.4. The van der Waals surface area contributed by atoms with Gasteiger partial charge in [0.1, 0.15) is 18.7 Å². The molecule has 0 radical (unpaired) electrons. The Balaban J connectivity index is 1.05. The maximum atomic E-state index is 13.7. The van der Waals surface area contributed by atoms with E-state index < -0.39 is 17.6 Å². The third-order valence-electron chi connectivity index (χ3n) is 9.16. The first-order chi connectivity index (χ1) is 29.4. The van der Waals surface area contributed by atoms with Crippen molar-refractivity contribution in [3.05, 3.63) is 71.6 Å². The van der Waals surface area contributed by atoms with Crippen molar-refractivity contribution in [3.8, 4) is 30.0 Å². The van der Waals surface area contributed by atoms with Gasteiger partial charge in [0.05, 0.1) is 87.7 Å². The van der Waals surface area contributed by atoms with Gasteiger partial charge in [-0.3, -0.25) is 19.4 Å². The number of terminal acetylenes is 1. The number of aromatic amines is 1. The molecule has 4 heterocycles. The lowest BCUT2D eigenvalue weighted by molar-refractivity contribution is -0.126. The number of carbonyl (C=O) groups excluding carboxylic acids is 3. The molecule has 1 aromatic carbocycles. The number of piperidine rings is 1. The molecule has 19 heteroatoms. The number of amides is 2. The van der Waals surface area contributed by atoms with E-state index in [1.807, 2.05) is 30.3 Å². The van der Waals surface area contributed by atoms with Crippen molar-refractivity contribution < 1.29 is 38.1 Å². The highest BCUT2D eigenvalue weighted by Crippen LogP contribution is 2.32. The van der Waals surface area contributed by atoms with Crippen molar-refractivity contribution in [2.75, 3.05) is 92.7 Å². The van der Waals surface area contributed by atoms with E-state index in [9.17, 15) is 19.6 Å². The van der Waals surface area contributed by atoms with E-state index in [0.717, 1.165) is 11.1 Å². The molecule has 0 unspecified atom stereocenters. The van der Waals surface area contributed by atoms with Crippen LogP contribution in [0.5, 0.6) is 5.75 Å². The molecular weight excluding hydrogens is 775 g/mol. The van der Waals surface area contributed by atoms with Crippen molar-refractivity contribution in [2.24, 2.45) is 10.7 Å². The lowest BCUT2D eigenvalue weighted by Gasteiger charge is -2.28. The van der Waals surface area contributed by atoms with Crippen LogP contribution in [0.3, 0.4) is 0 Å². The number of nitriles is 1. The van der Waals surface area contributed by atoms with E-state index in [-0.39, 0.29) is 35.5 Å². The molecule has 316 valence electrons. The summed E-state index contributed by atoms with van der Waals surface area (Å²) < 4.78 is 28.2. The number of Topliss-reactive ketones (excluding diaryl/α,β-unsaturated/α-hetero) is 1. The molecule has 0 saturated carbocycles. The number of nitrogens with two attached hydrogens (primary N) is 1. The minimum atomic E-state index is -0.724. The number of allylic oxidation sites excluding steroid dienone is 1. The number of carbonyl (C=O) groups is 3. The maximum absolute atomic E-state index is 13.7. The van der Waals surface area contributed by atoms with Crippen LogP contribution in [0.4, 0.5) is 0 Å². The molecule has 19 nitrogen and oxygen atoms in total. The number of fused-ring (bicyclic) bond motifs is 1. The minimum absolute atomic E-state index is 0.100. The molecule has 1 saturated heterocycles. The van der Waals surface area contributed by atoms with Crippen molar-refractivity contribution in [1.29, 1.82) is 5.26 Å². The zero-order valence-electron chi connectivity index (χ0n) is 33.5. The van der Waals surface area contributed by atoms with Gasteiger partial charge < -0.3 is 49.9 Å². The van der Waals surface area contributed by atoms with Crippen molar-refractivity contribution in [3.63, 3.8) is 0 Å². The number of nitrogens with one attached hydrogen (secondary N) is 3. The van der Waals surface area contributed by atoms with Crippen LogP contribution in [0.25, 0.3) is 22.3 Å². The Morgan fingerprint density at radius 1 is 0.967 bits per heavy atom.